The van der Waals surface area contributed by atoms with Crippen LogP contribution in [0.3, 0.4) is 0 Å². The minimum absolute atomic E-state index is 0.0000361. The Hall–Kier alpha value is -3.35. The Morgan fingerprint density at radius 2 is 1.57 bits per heavy atom. The molecule has 3 amide bonds. The summed E-state index contributed by atoms with van der Waals surface area (Å²) in [5.41, 5.74) is 1.64. The highest BCUT2D eigenvalue weighted by atomic mass is 16.4. The first-order chi connectivity index (χ1) is 13.5. The minimum atomic E-state index is -0.998. The molecule has 148 valence electrons. The monoisotopic (exact) mass is 383 g/mol. The van der Waals surface area contributed by atoms with Gasteiger partial charge in [0.15, 0.2) is 0 Å². The summed E-state index contributed by atoms with van der Waals surface area (Å²) >= 11 is 0. The summed E-state index contributed by atoms with van der Waals surface area (Å²) in [5, 5.41) is 14.7. The number of amides is 3. The largest absolute Gasteiger partial charge is 0.481 e. The fraction of sp³-hybridized carbons (Fsp3) is 0.286. The van der Waals surface area contributed by atoms with E-state index in [0.29, 0.717) is 12.1 Å². The van der Waals surface area contributed by atoms with Crippen molar-refractivity contribution in [2.45, 2.75) is 18.9 Å². The van der Waals surface area contributed by atoms with E-state index in [0.717, 1.165) is 5.56 Å². The Morgan fingerprint density at radius 3 is 2.18 bits per heavy atom. The first-order valence-electron chi connectivity index (χ1n) is 9.04. The van der Waals surface area contributed by atoms with E-state index in [-0.39, 0.29) is 31.4 Å². The van der Waals surface area contributed by atoms with E-state index in [1.807, 2.05) is 30.3 Å². The van der Waals surface area contributed by atoms with Crippen molar-refractivity contribution in [3.8, 4) is 0 Å². The van der Waals surface area contributed by atoms with E-state index in [4.69, 9.17) is 0 Å². The highest BCUT2D eigenvalue weighted by molar-refractivity contribution is 5.80. The molecule has 3 N–H and O–H groups in total. The zero-order chi connectivity index (χ0) is 20.4. The van der Waals surface area contributed by atoms with Crippen LogP contribution in [0.25, 0.3) is 0 Å². The van der Waals surface area contributed by atoms with Crippen molar-refractivity contribution in [2.75, 3.05) is 20.1 Å². The van der Waals surface area contributed by atoms with Crippen molar-refractivity contribution in [1.29, 1.82) is 0 Å². The fourth-order valence-corrected chi connectivity index (χ4v) is 2.68. The van der Waals surface area contributed by atoms with Crippen molar-refractivity contribution in [2.24, 2.45) is 0 Å². The molecule has 0 aliphatic heterocycles. The normalized spacial score (nSPS) is 11.3. The van der Waals surface area contributed by atoms with E-state index in [2.05, 4.69) is 10.6 Å². The summed E-state index contributed by atoms with van der Waals surface area (Å²) in [7, 11) is 1.68. The average Bonchev–Trinajstić information content (AvgIpc) is 2.69. The summed E-state index contributed by atoms with van der Waals surface area (Å²) in [6.07, 6.45) is 0.0754. The Bertz CT molecular complexity index is 781. The highest BCUT2D eigenvalue weighted by Gasteiger charge is 2.20. The number of hydrogen-bond acceptors (Lipinski definition) is 3. The lowest BCUT2D eigenvalue weighted by molar-refractivity contribution is -0.138. The molecule has 0 bridgehead atoms. The van der Waals surface area contributed by atoms with Gasteiger partial charge in [-0.15, -0.1) is 0 Å². The van der Waals surface area contributed by atoms with Crippen LogP contribution in [-0.2, 0) is 16.1 Å². The zero-order valence-corrected chi connectivity index (χ0v) is 15.8. The molecular formula is C21H25N3O4. The summed E-state index contributed by atoms with van der Waals surface area (Å²) in [6, 6.07) is 18.1. The van der Waals surface area contributed by atoms with Crippen LogP contribution in [0.4, 0.5) is 4.79 Å². The molecule has 0 saturated carbocycles. The average molecular weight is 383 g/mol. The molecule has 0 saturated heterocycles. The Labute approximate surface area is 164 Å². The van der Waals surface area contributed by atoms with Gasteiger partial charge in [-0.05, 0) is 11.1 Å². The fourth-order valence-electron chi connectivity index (χ4n) is 2.68. The molecule has 1 unspecified atom stereocenters. The van der Waals surface area contributed by atoms with Gasteiger partial charge in [-0.25, -0.2) is 4.79 Å². The molecule has 0 heterocycles. The topological polar surface area (TPSA) is 98.7 Å². The lowest BCUT2D eigenvalue weighted by Gasteiger charge is -2.18. The molecule has 0 aliphatic rings. The second-order valence-corrected chi connectivity index (χ2v) is 6.43. The summed E-state index contributed by atoms with van der Waals surface area (Å²) < 4.78 is 0. The molecule has 2 aromatic rings. The number of carboxylic acid groups (broad SMARTS) is 1. The molecule has 0 fully saturated rings. The number of benzene rings is 2. The smallest absolute Gasteiger partial charge is 0.317 e. The van der Waals surface area contributed by atoms with Gasteiger partial charge in [-0.2, -0.15) is 0 Å². The minimum Gasteiger partial charge on any atom is -0.481 e. The number of carbonyl (C=O) groups is 3. The zero-order valence-electron chi connectivity index (χ0n) is 15.8. The number of urea groups is 1. The summed E-state index contributed by atoms with van der Waals surface area (Å²) in [6.45, 7) is 0.642. The van der Waals surface area contributed by atoms with Crippen LogP contribution in [0.2, 0.25) is 0 Å². The number of hydrogen-bond donors (Lipinski definition) is 3. The van der Waals surface area contributed by atoms with Crippen LogP contribution >= 0.6 is 0 Å². The molecule has 0 radical (unpaired) electrons. The van der Waals surface area contributed by atoms with Crippen molar-refractivity contribution in [3.63, 3.8) is 0 Å². The maximum atomic E-state index is 12.1. The Kier molecular flexibility index (Phi) is 8.02. The van der Waals surface area contributed by atoms with Crippen molar-refractivity contribution in [1.82, 2.24) is 15.5 Å². The number of nitrogens with zero attached hydrogens (tertiary/aromatic N) is 1. The van der Waals surface area contributed by atoms with E-state index in [1.165, 1.54) is 4.90 Å². The number of aliphatic carboxylic acids is 1. The van der Waals surface area contributed by atoms with Gasteiger partial charge < -0.3 is 20.6 Å². The predicted molar refractivity (Wildman–Crippen MR) is 106 cm³/mol. The SMILES string of the molecule is CN(Cc1ccccc1)C(=O)NCCC(=O)NCC(C(=O)O)c1ccccc1. The second-order valence-electron chi connectivity index (χ2n) is 6.43. The van der Waals surface area contributed by atoms with Gasteiger partial charge >= 0.3 is 12.0 Å². The third kappa shape index (κ3) is 6.75. The lowest BCUT2D eigenvalue weighted by atomic mass is 9.99. The van der Waals surface area contributed by atoms with Crippen molar-refractivity contribution < 1.29 is 19.5 Å². The van der Waals surface area contributed by atoms with Gasteiger partial charge in [0, 0.05) is 33.1 Å². The molecule has 0 aromatic heterocycles. The first-order valence-corrected chi connectivity index (χ1v) is 9.04. The van der Waals surface area contributed by atoms with Gasteiger partial charge in [0.2, 0.25) is 5.91 Å². The second kappa shape index (κ2) is 10.7. The highest BCUT2D eigenvalue weighted by Crippen LogP contribution is 2.14. The number of carboxylic acids is 1. The standard InChI is InChI=1S/C21H25N3O4/c1-24(15-16-8-4-2-5-9-16)21(28)22-13-12-19(25)23-14-18(20(26)27)17-10-6-3-7-11-17/h2-11,18H,12-15H2,1H3,(H,22,28)(H,23,25)(H,26,27). The van der Waals surface area contributed by atoms with Crippen LogP contribution in [0.15, 0.2) is 60.7 Å². The molecule has 7 nitrogen and oxygen atoms in total. The molecule has 7 heteroatoms. The van der Waals surface area contributed by atoms with Gasteiger partial charge in [0.25, 0.3) is 0 Å². The number of rotatable bonds is 9. The number of nitrogens with one attached hydrogen (secondary N) is 2. The maximum absolute atomic E-state index is 12.1. The summed E-state index contributed by atoms with van der Waals surface area (Å²) in [4.78, 5) is 37.0. The Morgan fingerprint density at radius 1 is 0.964 bits per heavy atom. The number of carbonyl (C=O) groups excluding carboxylic acids is 2. The van der Waals surface area contributed by atoms with Crippen molar-refractivity contribution >= 4 is 17.9 Å². The van der Waals surface area contributed by atoms with Crippen LogP contribution < -0.4 is 10.6 Å². The third-order valence-corrected chi connectivity index (χ3v) is 4.24. The quantitative estimate of drug-likeness (QED) is 0.618. The van der Waals surface area contributed by atoms with Crippen LogP contribution in [0.5, 0.6) is 0 Å². The van der Waals surface area contributed by atoms with E-state index in [9.17, 15) is 19.5 Å². The van der Waals surface area contributed by atoms with Gasteiger partial charge in [0.05, 0.1) is 5.92 Å². The van der Waals surface area contributed by atoms with Crippen LogP contribution in [0.1, 0.15) is 23.5 Å². The van der Waals surface area contributed by atoms with Gasteiger partial charge in [-0.3, -0.25) is 9.59 Å². The molecule has 0 spiro atoms. The maximum Gasteiger partial charge on any atom is 0.317 e. The molecule has 1 atom stereocenters. The van der Waals surface area contributed by atoms with E-state index < -0.39 is 11.9 Å². The van der Waals surface area contributed by atoms with Gasteiger partial charge in [0.1, 0.15) is 0 Å². The lowest BCUT2D eigenvalue weighted by Crippen LogP contribution is -2.39. The third-order valence-electron chi connectivity index (χ3n) is 4.24. The Balaban J connectivity index is 1.71. The molecule has 2 aromatic carbocycles. The molecular weight excluding hydrogens is 358 g/mol. The van der Waals surface area contributed by atoms with E-state index in [1.54, 1.807) is 37.4 Å². The molecule has 0 aliphatic carbocycles. The first kappa shape index (κ1) is 21.0. The van der Waals surface area contributed by atoms with Crippen LogP contribution in [0, 0.1) is 0 Å². The van der Waals surface area contributed by atoms with Gasteiger partial charge in [-0.1, -0.05) is 60.7 Å². The molecule has 28 heavy (non-hydrogen) atoms. The summed E-state index contributed by atoms with van der Waals surface area (Å²) in [5.74, 6) is -2.12. The van der Waals surface area contributed by atoms with Crippen LogP contribution in [-0.4, -0.2) is 48.1 Å². The molecule has 2 rings (SSSR count). The van der Waals surface area contributed by atoms with Crippen molar-refractivity contribution in [3.05, 3.63) is 71.8 Å². The van der Waals surface area contributed by atoms with E-state index >= 15 is 0 Å². The predicted octanol–water partition coefficient (Wildman–Crippen LogP) is 2.20.